The van der Waals surface area contributed by atoms with Gasteiger partial charge in [0, 0.05) is 26.7 Å². The van der Waals surface area contributed by atoms with Crippen molar-refractivity contribution in [3.8, 4) is 11.5 Å². The van der Waals surface area contributed by atoms with E-state index in [0.29, 0.717) is 12.0 Å². The molecule has 0 aromatic heterocycles. The van der Waals surface area contributed by atoms with Gasteiger partial charge < -0.3 is 29.8 Å². The topological polar surface area (TPSA) is 151 Å². The van der Waals surface area contributed by atoms with Gasteiger partial charge in [-0.05, 0) is 38.0 Å². The zero-order valence-corrected chi connectivity index (χ0v) is 19.0. The lowest BCUT2D eigenvalue weighted by atomic mass is 9.86. The highest BCUT2D eigenvalue weighted by Crippen LogP contribution is 2.31. The Hall–Kier alpha value is -3.14. The Labute approximate surface area is 187 Å². The zero-order chi connectivity index (χ0) is 24.5. The van der Waals surface area contributed by atoms with Crippen LogP contribution in [0.4, 0.5) is 4.79 Å². The van der Waals surface area contributed by atoms with Crippen molar-refractivity contribution in [3.05, 3.63) is 23.8 Å². The molecule has 0 aliphatic carbocycles. The van der Waals surface area contributed by atoms with Crippen molar-refractivity contribution < 1.29 is 43.2 Å². The summed E-state index contributed by atoms with van der Waals surface area (Å²) in [5.74, 6) is -2.61. The Bertz CT molecular complexity index is 839. The highest BCUT2D eigenvalue weighted by atomic mass is 16.7. The standard InChI is InChI=1S/C22H31NO9/c1-6-7-13(2)29-21(28)30-14(3)11-22(23,20(26)27)12-17-8-9-18(31-15(4)24)19(10-17)32-16(5)25/h8-10,13-14H,6-7,11-12,23H2,1-5H3,(H,26,27)/t13?,14-,22?/m0/s1. The fourth-order valence-electron chi connectivity index (χ4n) is 3.11. The number of esters is 2. The van der Waals surface area contributed by atoms with E-state index in [-0.39, 0.29) is 30.4 Å². The van der Waals surface area contributed by atoms with Crippen LogP contribution in [0, 0.1) is 0 Å². The molecule has 178 valence electrons. The monoisotopic (exact) mass is 453 g/mol. The maximum absolute atomic E-state index is 11.9. The molecule has 0 amide bonds. The summed E-state index contributed by atoms with van der Waals surface area (Å²) < 4.78 is 20.3. The van der Waals surface area contributed by atoms with Crippen molar-refractivity contribution in [2.75, 3.05) is 0 Å². The van der Waals surface area contributed by atoms with Gasteiger partial charge in [0.15, 0.2) is 11.5 Å². The van der Waals surface area contributed by atoms with E-state index in [0.717, 1.165) is 6.42 Å². The third-order valence-electron chi connectivity index (χ3n) is 4.40. The average molecular weight is 453 g/mol. The summed E-state index contributed by atoms with van der Waals surface area (Å²) in [7, 11) is 0. The minimum absolute atomic E-state index is 0.00930. The molecule has 10 nitrogen and oxygen atoms in total. The van der Waals surface area contributed by atoms with Crippen molar-refractivity contribution >= 4 is 24.1 Å². The van der Waals surface area contributed by atoms with Crippen LogP contribution < -0.4 is 15.2 Å². The molecule has 1 aromatic carbocycles. The number of carboxylic acid groups (broad SMARTS) is 1. The van der Waals surface area contributed by atoms with Crippen LogP contribution >= 0.6 is 0 Å². The lowest BCUT2D eigenvalue weighted by Crippen LogP contribution is -2.52. The second-order valence-corrected chi connectivity index (χ2v) is 7.71. The van der Waals surface area contributed by atoms with Crippen LogP contribution in [0.2, 0.25) is 0 Å². The van der Waals surface area contributed by atoms with Crippen molar-refractivity contribution in [1.29, 1.82) is 0 Å². The Morgan fingerprint density at radius 1 is 1.00 bits per heavy atom. The number of hydrogen-bond donors (Lipinski definition) is 2. The molecule has 2 unspecified atom stereocenters. The maximum Gasteiger partial charge on any atom is 0.508 e. The van der Waals surface area contributed by atoms with Crippen LogP contribution in [0.15, 0.2) is 18.2 Å². The van der Waals surface area contributed by atoms with Gasteiger partial charge in [-0.3, -0.25) is 14.4 Å². The molecule has 0 spiro atoms. The van der Waals surface area contributed by atoms with Gasteiger partial charge in [-0.25, -0.2) is 4.79 Å². The SMILES string of the molecule is CCCC(C)OC(=O)O[C@@H](C)CC(N)(Cc1ccc(OC(C)=O)c(OC(C)=O)c1)C(=O)O. The van der Waals surface area contributed by atoms with Gasteiger partial charge in [0.05, 0.1) is 0 Å². The number of aliphatic carboxylic acids is 1. The van der Waals surface area contributed by atoms with E-state index in [2.05, 4.69) is 0 Å². The number of carboxylic acids is 1. The second-order valence-electron chi connectivity index (χ2n) is 7.71. The molecule has 0 aliphatic heterocycles. The first-order valence-corrected chi connectivity index (χ1v) is 10.3. The Morgan fingerprint density at radius 3 is 2.09 bits per heavy atom. The molecule has 3 atom stereocenters. The largest absolute Gasteiger partial charge is 0.508 e. The van der Waals surface area contributed by atoms with Gasteiger partial charge in [-0.15, -0.1) is 0 Å². The van der Waals surface area contributed by atoms with E-state index in [1.807, 2.05) is 6.92 Å². The lowest BCUT2D eigenvalue weighted by Gasteiger charge is -2.28. The molecule has 0 aliphatic rings. The molecule has 0 fully saturated rings. The number of hydrogen-bond acceptors (Lipinski definition) is 9. The molecular weight excluding hydrogens is 422 g/mol. The van der Waals surface area contributed by atoms with E-state index in [9.17, 15) is 24.3 Å². The normalized spacial score (nSPS) is 14.4. The predicted octanol–water partition coefficient (Wildman–Crippen LogP) is 2.98. The van der Waals surface area contributed by atoms with Crippen molar-refractivity contribution in [2.24, 2.45) is 5.73 Å². The van der Waals surface area contributed by atoms with Crippen LogP contribution in [0.5, 0.6) is 11.5 Å². The molecule has 0 heterocycles. The smallest absolute Gasteiger partial charge is 0.480 e. The lowest BCUT2D eigenvalue weighted by molar-refractivity contribution is -0.145. The summed E-state index contributed by atoms with van der Waals surface area (Å²) in [5, 5.41) is 9.73. The second kappa shape index (κ2) is 12.0. The summed E-state index contributed by atoms with van der Waals surface area (Å²) >= 11 is 0. The minimum Gasteiger partial charge on any atom is -0.480 e. The van der Waals surface area contributed by atoms with E-state index < -0.39 is 35.7 Å². The number of rotatable bonds is 11. The molecular formula is C22H31NO9. The van der Waals surface area contributed by atoms with Crippen LogP contribution in [-0.4, -0.2) is 46.9 Å². The molecule has 0 saturated carbocycles. The van der Waals surface area contributed by atoms with Gasteiger partial charge in [-0.2, -0.15) is 0 Å². The molecule has 1 rings (SSSR count). The fourth-order valence-corrected chi connectivity index (χ4v) is 3.11. The predicted molar refractivity (Wildman–Crippen MR) is 113 cm³/mol. The number of nitrogens with two attached hydrogens (primary N) is 1. The first-order valence-electron chi connectivity index (χ1n) is 10.3. The summed E-state index contributed by atoms with van der Waals surface area (Å²) in [4.78, 5) is 46.5. The van der Waals surface area contributed by atoms with E-state index >= 15 is 0 Å². The molecule has 0 saturated heterocycles. The molecule has 1 aromatic rings. The quantitative estimate of drug-likeness (QED) is 0.378. The highest BCUT2D eigenvalue weighted by molar-refractivity contribution is 5.79. The number of carbonyl (C=O) groups is 4. The van der Waals surface area contributed by atoms with E-state index in [1.54, 1.807) is 6.92 Å². The number of carbonyl (C=O) groups excluding carboxylic acids is 3. The molecule has 32 heavy (non-hydrogen) atoms. The van der Waals surface area contributed by atoms with Crippen molar-refractivity contribution in [3.63, 3.8) is 0 Å². The van der Waals surface area contributed by atoms with Crippen LogP contribution in [-0.2, 0) is 30.3 Å². The van der Waals surface area contributed by atoms with Gasteiger partial charge in [0.1, 0.15) is 17.7 Å². The Kier molecular flexibility index (Phi) is 10.1. The number of benzene rings is 1. The van der Waals surface area contributed by atoms with Crippen LogP contribution in [0.3, 0.4) is 0 Å². The summed E-state index contributed by atoms with van der Waals surface area (Å²) in [6.45, 7) is 7.57. The first-order chi connectivity index (χ1) is 14.9. The summed E-state index contributed by atoms with van der Waals surface area (Å²) in [6.07, 6.45) is -0.925. The van der Waals surface area contributed by atoms with Crippen molar-refractivity contribution in [1.82, 2.24) is 0 Å². The maximum atomic E-state index is 11.9. The van der Waals surface area contributed by atoms with Gasteiger partial charge in [0.2, 0.25) is 0 Å². The fraction of sp³-hybridized carbons (Fsp3) is 0.545. The Balaban J connectivity index is 2.98. The third kappa shape index (κ3) is 8.93. The molecule has 0 bridgehead atoms. The van der Waals surface area contributed by atoms with E-state index in [1.165, 1.54) is 39.0 Å². The molecule has 10 heteroatoms. The van der Waals surface area contributed by atoms with Gasteiger partial charge >= 0.3 is 24.1 Å². The van der Waals surface area contributed by atoms with Gasteiger partial charge in [-0.1, -0.05) is 19.4 Å². The summed E-state index contributed by atoms with van der Waals surface area (Å²) in [5.41, 5.74) is 4.75. The van der Waals surface area contributed by atoms with Crippen LogP contribution in [0.1, 0.15) is 59.4 Å². The number of ether oxygens (including phenoxy) is 4. The minimum atomic E-state index is -1.80. The van der Waals surface area contributed by atoms with Crippen LogP contribution in [0.25, 0.3) is 0 Å². The summed E-state index contributed by atoms with van der Waals surface area (Å²) in [6, 6.07) is 4.25. The first kappa shape index (κ1) is 26.9. The van der Waals surface area contributed by atoms with Gasteiger partial charge in [0.25, 0.3) is 0 Å². The Morgan fingerprint density at radius 2 is 1.56 bits per heavy atom. The average Bonchev–Trinajstić information content (AvgIpc) is 2.62. The zero-order valence-electron chi connectivity index (χ0n) is 19.0. The molecule has 3 N–H and O–H groups in total. The third-order valence-corrected chi connectivity index (χ3v) is 4.40. The van der Waals surface area contributed by atoms with E-state index in [4.69, 9.17) is 24.7 Å². The van der Waals surface area contributed by atoms with Crippen molar-refractivity contribution in [2.45, 2.75) is 78.0 Å². The highest BCUT2D eigenvalue weighted by Gasteiger charge is 2.37. The molecule has 0 radical (unpaired) electrons.